The molecule has 2 aromatic rings. The zero-order chi connectivity index (χ0) is 45.8. The molecule has 0 aliphatic carbocycles. The summed E-state index contributed by atoms with van der Waals surface area (Å²) < 4.78 is 35.7. The summed E-state index contributed by atoms with van der Waals surface area (Å²) in [7, 11) is 0. The van der Waals surface area contributed by atoms with E-state index >= 15 is 0 Å². The largest absolute Gasteiger partial charge is 1.00 e. The van der Waals surface area contributed by atoms with E-state index in [4.69, 9.17) is 21.6 Å². The van der Waals surface area contributed by atoms with Crippen LogP contribution in [0.25, 0.3) is 0 Å². The molecule has 2 fully saturated rings. The van der Waals surface area contributed by atoms with Gasteiger partial charge in [-0.05, 0) is 63.8 Å². The standard InChI is InChI=1S/2C18H25BN3O8.2Na/c2*1-9(20)16(23)21-10(2)17(24)22-7-12(8-22)29-13-4-3-11-5-6-19(27,28)30-15(11)14(13)18(25)26;;/h2*3-4,9-10,12,27-28H,5-8,20H2,1-2H3,(H,21,23)(H,25,26);;/q2*-1;2*+1/t2*9-,10+;;/m11../s1/i/hD2. The summed E-state index contributed by atoms with van der Waals surface area (Å²) in [5, 5.41) is 63.4. The zero-order valence-electron chi connectivity index (χ0n) is 37.2. The molecule has 0 saturated carbocycles. The molecule has 0 radical (unpaired) electrons. The number of carbonyl (C=O) groups excluding carboxylic acids is 4. The minimum absolute atomic E-state index is 0. The van der Waals surface area contributed by atoms with Crippen LogP contribution in [-0.4, -0.2) is 152 Å². The topological polar surface area (TPSA) is 343 Å². The van der Waals surface area contributed by atoms with E-state index < -0.39 is 73.6 Å². The van der Waals surface area contributed by atoms with Crippen molar-refractivity contribution in [2.75, 3.05) is 26.2 Å². The van der Waals surface area contributed by atoms with Gasteiger partial charge in [0.15, 0.2) is 0 Å². The summed E-state index contributed by atoms with van der Waals surface area (Å²) in [4.78, 5) is 75.0. The SMILES string of the molecule is [2H]N[C@H](C)C(=O)N[C@@H](C)C(=O)N1CC(Oc2ccc3c(c2C(=O)O)O[B-](O)(O)CC3)C1.[2H]N[C@H](C)C(=O)N[C@@H](C)C(=O)N1CC(Oc2ccc3c(c2C(=O)O)O[B-](O)(O)CC3)C1.[Na+].[Na+]. The van der Waals surface area contributed by atoms with Gasteiger partial charge in [-0.15, -0.1) is 0 Å². The number of fused-ring (bicyclic) bond motifs is 2. The third-order valence-corrected chi connectivity index (χ3v) is 10.2. The molecule has 2 saturated heterocycles. The van der Waals surface area contributed by atoms with Gasteiger partial charge >= 0.3 is 84.6 Å². The Bertz CT molecular complexity index is 1940. The van der Waals surface area contributed by atoms with Gasteiger partial charge in [0.05, 0.1) is 49.8 Å². The fraction of sp³-hybridized carbons (Fsp3) is 0.500. The van der Waals surface area contributed by atoms with Crippen LogP contribution in [0.2, 0.25) is 15.5 Å². The molecule has 4 heterocycles. The normalized spacial score (nSPS) is 19.4. The number of carboxylic acids is 2. The van der Waals surface area contributed by atoms with Crippen LogP contribution < -0.4 is 100.0 Å². The summed E-state index contributed by atoms with van der Waals surface area (Å²) >= 11 is 0. The van der Waals surface area contributed by atoms with E-state index in [9.17, 15) is 59.1 Å². The molecule has 6 rings (SSSR count). The van der Waals surface area contributed by atoms with Crippen LogP contribution in [-0.2, 0) is 32.0 Å². The summed E-state index contributed by atoms with van der Waals surface area (Å²) in [6, 6.07) is 3.10. The molecule has 2 aromatic carbocycles. The van der Waals surface area contributed by atoms with Crippen LogP contribution >= 0.6 is 0 Å². The predicted molar refractivity (Wildman–Crippen MR) is 210 cm³/mol. The number of hydrogen-bond donors (Lipinski definition) is 10. The molecule has 328 valence electrons. The average Bonchev–Trinajstić information content (AvgIpc) is 3.17. The second-order valence-electron chi connectivity index (χ2n) is 15.4. The van der Waals surface area contributed by atoms with E-state index in [2.05, 4.69) is 10.6 Å². The van der Waals surface area contributed by atoms with Gasteiger partial charge in [0.1, 0.15) is 49.7 Å². The first-order chi connectivity index (χ1) is 29.0. The molecule has 22 nitrogen and oxygen atoms in total. The number of nitrogens with zero attached hydrogens (tertiary/aromatic N) is 2. The number of aryl methyl sites for hydroxylation is 2. The van der Waals surface area contributed by atoms with Gasteiger partial charge in [0.2, 0.25) is 23.6 Å². The van der Waals surface area contributed by atoms with Crippen molar-refractivity contribution < 1.29 is 140 Å². The van der Waals surface area contributed by atoms with E-state index in [0.29, 0.717) is 11.1 Å². The van der Waals surface area contributed by atoms with Crippen molar-refractivity contribution in [1.82, 2.24) is 20.4 Å². The number of carboxylic acid groups (broad SMARTS) is 2. The molecule has 0 bridgehead atoms. The number of likely N-dealkylation sites (tertiary alicyclic amines) is 2. The molecule has 26 heteroatoms. The number of ether oxygens (including phenoxy) is 2. The predicted octanol–water partition coefficient (Wildman–Crippen LogP) is -8.62. The summed E-state index contributed by atoms with van der Waals surface area (Å²) in [6.07, 6.45) is -0.494. The van der Waals surface area contributed by atoms with Gasteiger partial charge in [-0.3, -0.25) is 19.2 Å². The van der Waals surface area contributed by atoms with Gasteiger partial charge in [0.25, 0.3) is 0 Å². The van der Waals surface area contributed by atoms with Crippen molar-refractivity contribution in [3.8, 4) is 23.0 Å². The molecule has 4 aliphatic heterocycles. The van der Waals surface area contributed by atoms with Gasteiger partial charge in [-0.1, -0.05) is 24.8 Å². The molecule has 4 aliphatic rings. The number of hydrogen-bond acceptors (Lipinski definition) is 16. The van der Waals surface area contributed by atoms with E-state index in [0.717, 1.165) is 0 Å². The molecule has 62 heavy (non-hydrogen) atoms. The van der Waals surface area contributed by atoms with Gasteiger partial charge in [-0.2, -0.15) is 0 Å². The average molecular weight is 892 g/mol. The molecular formula is C36H50B2N6Na2O16. The second-order valence-corrected chi connectivity index (χ2v) is 15.4. The number of rotatable bonds is 14. The molecule has 0 spiro atoms. The Morgan fingerprint density at radius 3 is 1.32 bits per heavy atom. The monoisotopic (exact) mass is 892 g/mol. The second kappa shape index (κ2) is 21.4. The number of amides is 4. The van der Waals surface area contributed by atoms with Crippen LogP contribution in [0.4, 0.5) is 0 Å². The van der Waals surface area contributed by atoms with Crippen molar-refractivity contribution in [1.29, 1.82) is 0 Å². The maximum Gasteiger partial charge on any atom is 1.00 e. The fourth-order valence-electron chi connectivity index (χ4n) is 6.75. The van der Waals surface area contributed by atoms with E-state index in [1.54, 1.807) is 12.1 Å². The maximum absolute atomic E-state index is 12.4. The van der Waals surface area contributed by atoms with E-state index in [1.807, 2.05) is 11.5 Å². The number of aromatic carboxylic acids is 2. The first-order valence-electron chi connectivity index (χ1n) is 20.3. The van der Waals surface area contributed by atoms with Crippen LogP contribution in [0.3, 0.4) is 0 Å². The quantitative estimate of drug-likeness (QED) is 0.0788. The zero-order valence-corrected chi connectivity index (χ0v) is 39.2. The van der Waals surface area contributed by atoms with Crippen molar-refractivity contribution in [3.63, 3.8) is 0 Å². The smallest absolute Gasteiger partial charge is 0.669 e. The van der Waals surface area contributed by atoms with Crippen molar-refractivity contribution in [3.05, 3.63) is 46.5 Å². The van der Waals surface area contributed by atoms with Crippen LogP contribution in [0, 0.1) is 0 Å². The number of benzene rings is 2. The van der Waals surface area contributed by atoms with Gasteiger partial charge in [-0.25, -0.2) is 9.59 Å². The number of carbonyl (C=O) groups is 6. The third kappa shape index (κ3) is 12.8. The minimum atomic E-state index is -3.13. The van der Waals surface area contributed by atoms with Crippen LogP contribution in [0.15, 0.2) is 24.3 Å². The third-order valence-electron chi connectivity index (χ3n) is 10.2. The van der Waals surface area contributed by atoms with Crippen LogP contribution in [0.5, 0.6) is 23.0 Å². The Hall–Kier alpha value is -3.65. The summed E-state index contributed by atoms with van der Waals surface area (Å²) in [5.74, 6) is -4.51. The molecule has 0 unspecified atom stereocenters. The Morgan fingerprint density at radius 1 is 0.677 bits per heavy atom. The maximum atomic E-state index is 12.4. The van der Waals surface area contributed by atoms with Crippen molar-refractivity contribution >= 4 is 49.1 Å². The van der Waals surface area contributed by atoms with Gasteiger partial charge < -0.3 is 81.0 Å². The Labute approximate surface area is 403 Å². The van der Waals surface area contributed by atoms with E-state index in [-0.39, 0.29) is 157 Å². The van der Waals surface area contributed by atoms with Gasteiger partial charge in [0, 0.05) is 0 Å². The molecule has 4 atom stereocenters. The summed E-state index contributed by atoms with van der Waals surface area (Å²) in [5.41, 5.74) is 4.58. The van der Waals surface area contributed by atoms with Crippen molar-refractivity contribution in [2.24, 2.45) is 11.5 Å². The molecule has 0 aromatic heterocycles. The number of nitrogens with one attached hydrogen (secondary N) is 2. The van der Waals surface area contributed by atoms with E-state index in [1.165, 1.54) is 49.6 Å². The Balaban J connectivity index is 0.000000330. The summed E-state index contributed by atoms with van der Waals surface area (Å²) in [6.45, 7) is 0.552. The Kier molecular flexibility index (Phi) is 17.0. The molecule has 12 N–H and O–H groups in total. The first kappa shape index (κ1) is 49.4. The molecular weight excluding hydrogens is 840 g/mol. The van der Waals surface area contributed by atoms with Crippen molar-refractivity contribution in [2.45, 2.75) is 89.6 Å². The molecule has 4 amide bonds. The minimum Gasteiger partial charge on any atom is -0.669 e. The Morgan fingerprint density at radius 2 is 1.02 bits per heavy atom. The first-order valence-corrected chi connectivity index (χ1v) is 19.3. The number of nitrogens with two attached hydrogens (primary N) is 2. The van der Waals surface area contributed by atoms with Crippen LogP contribution in [0.1, 0.15) is 59.5 Å². The fourth-order valence-corrected chi connectivity index (χ4v) is 6.75.